The van der Waals surface area contributed by atoms with Crippen LogP contribution in [0.5, 0.6) is 0 Å². The maximum atomic E-state index is 12.5. The van der Waals surface area contributed by atoms with Crippen molar-refractivity contribution < 1.29 is 4.79 Å². The van der Waals surface area contributed by atoms with Crippen molar-refractivity contribution in [3.8, 4) is 6.07 Å². The first-order valence-corrected chi connectivity index (χ1v) is 8.20. The fourth-order valence-electron chi connectivity index (χ4n) is 2.10. The molecule has 0 saturated carbocycles. The molecule has 1 aromatic carbocycles. The normalized spacial score (nSPS) is 11.6. The molecule has 0 aliphatic rings. The molecular weight excluding hydrogens is 308 g/mol. The van der Waals surface area contributed by atoms with E-state index >= 15 is 0 Å². The highest BCUT2D eigenvalue weighted by Crippen LogP contribution is 2.24. The maximum Gasteiger partial charge on any atom is 0.238 e. The number of nitrogens with one attached hydrogen (secondary N) is 1. The van der Waals surface area contributed by atoms with Gasteiger partial charge in [-0.2, -0.15) is 5.26 Å². The van der Waals surface area contributed by atoms with E-state index in [1.807, 2.05) is 26.8 Å². The van der Waals surface area contributed by atoms with Gasteiger partial charge in [-0.3, -0.25) is 4.79 Å². The van der Waals surface area contributed by atoms with Crippen LogP contribution < -0.4 is 5.32 Å². The number of carbonyl (C=O) groups excluding carboxylic acids is 1. The number of amides is 1. The highest BCUT2D eigenvalue weighted by atomic mass is 32.2. The van der Waals surface area contributed by atoms with Crippen LogP contribution in [0.1, 0.15) is 30.3 Å². The van der Waals surface area contributed by atoms with Gasteiger partial charge in [0.05, 0.1) is 16.5 Å². The Kier molecular flexibility index (Phi) is 5.72. The van der Waals surface area contributed by atoms with Crippen LogP contribution in [0.2, 0.25) is 0 Å². The van der Waals surface area contributed by atoms with Crippen LogP contribution in [0, 0.1) is 25.2 Å². The van der Waals surface area contributed by atoms with Crippen LogP contribution in [0.15, 0.2) is 35.5 Å². The lowest BCUT2D eigenvalue weighted by molar-refractivity contribution is -0.115. The number of benzene rings is 1. The Labute approximate surface area is 140 Å². The number of aryl methyl sites for hydroxylation is 2. The summed E-state index contributed by atoms with van der Waals surface area (Å²) in [5.41, 5.74) is 2.74. The van der Waals surface area contributed by atoms with E-state index in [4.69, 9.17) is 5.26 Å². The van der Waals surface area contributed by atoms with Crippen molar-refractivity contribution in [3.05, 3.63) is 47.3 Å². The molecule has 0 saturated heterocycles. The van der Waals surface area contributed by atoms with Crippen molar-refractivity contribution in [2.24, 2.45) is 0 Å². The number of thioether (sulfide) groups is 1. The Morgan fingerprint density at radius 1 is 1.30 bits per heavy atom. The molecule has 5 nitrogen and oxygen atoms in total. The molecule has 0 fully saturated rings. The topological polar surface area (TPSA) is 78.7 Å². The van der Waals surface area contributed by atoms with Gasteiger partial charge >= 0.3 is 0 Å². The zero-order valence-electron chi connectivity index (χ0n) is 13.3. The van der Waals surface area contributed by atoms with E-state index in [1.54, 1.807) is 24.3 Å². The van der Waals surface area contributed by atoms with E-state index < -0.39 is 0 Å². The molecule has 0 spiro atoms. The average Bonchev–Trinajstić information content (AvgIpc) is 2.52. The van der Waals surface area contributed by atoms with Gasteiger partial charge in [-0.15, -0.1) is 0 Å². The maximum absolute atomic E-state index is 12.5. The second kappa shape index (κ2) is 7.75. The molecule has 6 heteroatoms. The molecule has 0 aliphatic heterocycles. The van der Waals surface area contributed by atoms with Crippen LogP contribution in [0.3, 0.4) is 0 Å². The monoisotopic (exact) mass is 326 g/mol. The minimum absolute atomic E-state index is 0.150. The first kappa shape index (κ1) is 17.0. The molecule has 23 heavy (non-hydrogen) atoms. The smallest absolute Gasteiger partial charge is 0.238 e. The molecule has 118 valence electrons. The van der Waals surface area contributed by atoms with E-state index in [-0.39, 0.29) is 11.2 Å². The fourth-order valence-corrected chi connectivity index (χ4v) is 3.08. The molecule has 2 rings (SSSR count). The average molecular weight is 326 g/mol. The van der Waals surface area contributed by atoms with Gasteiger partial charge in [0.15, 0.2) is 5.16 Å². The number of hydrogen-bond acceptors (Lipinski definition) is 5. The molecule has 1 atom stereocenters. The molecule has 0 unspecified atom stereocenters. The van der Waals surface area contributed by atoms with Gasteiger partial charge in [0.1, 0.15) is 6.07 Å². The molecule has 1 heterocycles. The van der Waals surface area contributed by atoms with Crippen LogP contribution in [0.25, 0.3) is 0 Å². The number of anilines is 1. The van der Waals surface area contributed by atoms with Crippen molar-refractivity contribution in [1.29, 1.82) is 5.26 Å². The predicted molar refractivity (Wildman–Crippen MR) is 91.2 cm³/mol. The van der Waals surface area contributed by atoms with E-state index in [0.717, 1.165) is 11.4 Å². The molecule has 2 aromatic rings. The van der Waals surface area contributed by atoms with E-state index in [1.165, 1.54) is 11.8 Å². The van der Waals surface area contributed by atoms with Crippen LogP contribution in [-0.4, -0.2) is 21.1 Å². The molecule has 0 radical (unpaired) electrons. The SMILES string of the molecule is CC[C@H](Sc1nc(C)cc(C)n1)C(=O)Nc1ccccc1C#N. The highest BCUT2D eigenvalue weighted by molar-refractivity contribution is 8.00. The minimum Gasteiger partial charge on any atom is -0.324 e. The lowest BCUT2D eigenvalue weighted by atomic mass is 10.2. The van der Waals surface area contributed by atoms with Gasteiger partial charge in [0.2, 0.25) is 5.91 Å². The fraction of sp³-hybridized carbons (Fsp3) is 0.294. The Morgan fingerprint density at radius 3 is 2.57 bits per heavy atom. The summed E-state index contributed by atoms with van der Waals surface area (Å²) in [6.45, 7) is 5.75. The molecule has 1 amide bonds. The summed E-state index contributed by atoms with van der Waals surface area (Å²) in [6.07, 6.45) is 0.640. The molecule has 0 bridgehead atoms. The number of carbonyl (C=O) groups is 1. The van der Waals surface area contributed by atoms with Crippen LogP contribution in [0.4, 0.5) is 5.69 Å². The number of hydrogen-bond donors (Lipinski definition) is 1. The summed E-state index contributed by atoms with van der Waals surface area (Å²) >= 11 is 1.34. The van der Waals surface area contributed by atoms with Gasteiger partial charge in [-0.05, 0) is 38.5 Å². The van der Waals surface area contributed by atoms with E-state index in [9.17, 15) is 4.79 Å². The molecule has 1 aromatic heterocycles. The highest BCUT2D eigenvalue weighted by Gasteiger charge is 2.20. The van der Waals surface area contributed by atoms with Gasteiger partial charge < -0.3 is 5.32 Å². The second-order valence-corrected chi connectivity index (χ2v) is 6.26. The number of rotatable bonds is 5. The Morgan fingerprint density at radius 2 is 1.96 bits per heavy atom. The predicted octanol–water partition coefficient (Wildman–Crippen LogP) is 3.47. The van der Waals surface area contributed by atoms with E-state index in [2.05, 4.69) is 21.4 Å². The number of aromatic nitrogens is 2. The zero-order chi connectivity index (χ0) is 16.8. The summed E-state index contributed by atoms with van der Waals surface area (Å²) in [4.78, 5) is 21.2. The first-order valence-electron chi connectivity index (χ1n) is 7.32. The number of nitrogens with zero attached hydrogens (tertiary/aromatic N) is 3. The summed E-state index contributed by atoms with van der Waals surface area (Å²) in [5.74, 6) is -0.150. The third-order valence-corrected chi connectivity index (χ3v) is 4.40. The summed E-state index contributed by atoms with van der Waals surface area (Å²) in [7, 11) is 0. The first-order chi connectivity index (χ1) is 11.0. The number of nitriles is 1. The Balaban J connectivity index is 2.14. The van der Waals surface area contributed by atoms with Crippen molar-refractivity contribution in [2.75, 3.05) is 5.32 Å². The third-order valence-electron chi connectivity index (χ3n) is 3.18. The third kappa shape index (κ3) is 4.54. The van der Waals surface area contributed by atoms with Crippen LogP contribution >= 0.6 is 11.8 Å². The lowest BCUT2D eigenvalue weighted by Crippen LogP contribution is -2.25. The largest absolute Gasteiger partial charge is 0.324 e. The van der Waals surface area contributed by atoms with Crippen molar-refractivity contribution in [3.63, 3.8) is 0 Å². The quantitative estimate of drug-likeness (QED) is 0.672. The standard InChI is InChI=1S/C17H18N4OS/c1-4-15(23-17-19-11(2)9-12(3)20-17)16(22)21-14-8-6-5-7-13(14)10-18/h5-9,15H,4H2,1-3H3,(H,21,22)/t15-/m0/s1. The van der Waals surface area contributed by atoms with E-state index in [0.29, 0.717) is 22.8 Å². The Bertz CT molecular complexity index is 734. The molecular formula is C17H18N4OS. The van der Waals surface area contributed by atoms with Crippen molar-refractivity contribution >= 4 is 23.4 Å². The van der Waals surface area contributed by atoms with Gasteiger partial charge in [0, 0.05) is 11.4 Å². The van der Waals surface area contributed by atoms with Gasteiger partial charge in [-0.1, -0.05) is 30.8 Å². The zero-order valence-corrected chi connectivity index (χ0v) is 14.1. The van der Waals surface area contributed by atoms with Crippen LogP contribution in [-0.2, 0) is 4.79 Å². The summed E-state index contributed by atoms with van der Waals surface area (Å²) in [5, 5.41) is 12.2. The van der Waals surface area contributed by atoms with Gasteiger partial charge in [-0.25, -0.2) is 9.97 Å². The number of para-hydroxylation sites is 1. The van der Waals surface area contributed by atoms with Gasteiger partial charge in [0.25, 0.3) is 0 Å². The second-order valence-electron chi connectivity index (χ2n) is 5.09. The lowest BCUT2D eigenvalue weighted by Gasteiger charge is -2.15. The summed E-state index contributed by atoms with van der Waals surface area (Å²) in [6, 6.07) is 10.9. The molecule has 0 aliphatic carbocycles. The van der Waals surface area contributed by atoms with Crippen molar-refractivity contribution in [2.45, 2.75) is 37.6 Å². The van der Waals surface area contributed by atoms with Crippen molar-refractivity contribution in [1.82, 2.24) is 9.97 Å². The minimum atomic E-state index is -0.317. The Hall–Kier alpha value is -2.39. The molecule has 1 N–H and O–H groups in total. The summed E-state index contributed by atoms with van der Waals surface area (Å²) < 4.78 is 0.